The van der Waals surface area contributed by atoms with Crippen molar-refractivity contribution in [3.8, 4) is 0 Å². The first kappa shape index (κ1) is 13.7. The topological polar surface area (TPSA) is 0 Å². The Labute approximate surface area is 98.0 Å². The molecule has 0 nitrogen and oxygen atoms in total. The molecule has 1 rings (SSSR count). The van der Waals surface area contributed by atoms with Crippen molar-refractivity contribution in [2.75, 3.05) is 0 Å². The van der Waals surface area contributed by atoms with Gasteiger partial charge in [0.1, 0.15) is 0 Å². The van der Waals surface area contributed by atoms with Gasteiger partial charge in [0, 0.05) is 5.56 Å². The second-order valence-electron chi connectivity index (χ2n) is 4.28. The first-order chi connectivity index (χ1) is 7.90. The van der Waals surface area contributed by atoms with Crippen molar-refractivity contribution in [2.24, 2.45) is 5.92 Å². The predicted molar refractivity (Wildman–Crippen MR) is 59.5 cm³/mol. The van der Waals surface area contributed by atoms with Crippen molar-refractivity contribution in [3.63, 3.8) is 0 Å². The van der Waals surface area contributed by atoms with Gasteiger partial charge in [0.15, 0.2) is 23.3 Å². The molecule has 1 aromatic rings. The standard InChI is InChI=1S/C13H14F4/c1-4-8-10(14)12(16)9(6-5-7(2)3)13(17)11(8)15/h4,7H,1,5-6H2,2-3H3. The van der Waals surface area contributed by atoms with E-state index in [1.165, 1.54) is 0 Å². The van der Waals surface area contributed by atoms with E-state index in [-0.39, 0.29) is 12.3 Å². The Morgan fingerprint density at radius 3 is 1.82 bits per heavy atom. The van der Waals surface area contributed by atoms with Crippen LogP contribution in [0.25, 0.3) is 6.08 Å². The quantitative estimate of drug-likeness (QED) is 0.543. The van der Waals surface area contributed by atoms with Crippen LogP contribution >= 0.6 is 0 Å². The smallest absolute Gasteiger partial charge is 0.169 e. The van der Waals surface area contributed by atoms with Crippen LogP contribution in [0.4, 0.5) is 17.6 Å². The Morgan fingerprint density at radius 1 is 1.00 bits per heavy atom. The SMILES string of the molecule is C=Cc1c(F)c(F)c(CCC(C)C)c(F)c1F. The molecule has 0 N–H and O–H groups in total. The molecule has 0 unspecified atom stereocenters. The lowest BCUT2D eigenvalue weighted by Crippen LogP contribution is -2.07. The summed E-state index contributed by atoms with van der Waals surface area (Å²) in [6, 6.07) is 0. The van der Waals surface area contributed by atoms with Gasteiger partial charge in [-0.15, -0.1) is 0 Å². The average molecular weight is 246 g/mol. The van der Waals surface area contributed by atoms with E-state index in [1.54, 1.807) is 0 Å². The third-order valence-electron chi connectivity index (χ3n) is 2.56. The van der Waals surface area contributed by atoms with Crippen LogP contribution in [0.5, 0.6) is 0 Å². The van der Waals surface area contributed by atoms with Crippen molar-refractivity contribution in [2.45, 2.75) is 26.7 Å². The largest absolute Gasteiger partial charge is 0.203 e. The molecule has 0 amide bonds. The van der Waals surface area contributed by atoms with Crippen LogP contribution in [0.3, 0.4) is 0 Å². The minimum absolute atomic E-state index is 0.0272. The van der Waals surface area contributed by atoms with Gasteiger partial charge in [0.25, 0.3) is 0 Å². The van der Waals surface area contributed by atoms with Crippen LogP contribution in [0.15, 0.2) is 6.58 Å². The van der Waals surface area contributed by atoms with Gasteiger partial charge in [-0.3, -0.25) is 0 Å². The highest BCUT2D eigenvalue weighted by molar-refractivity contribution is 5.50. The number of halogens is 4. The highest BCUT2D eigenvalue weighted by Gasteiger charge is 2.23. The number of benzene rings is 1. The van der Waals surface area contributed by atoms with E-state index >= 15 is 0 Å². The summed E-state index contributed by atoms with van der Waals surface area (Å²) in [5.74, 6) is -5.20. The van der Waals surface area contributed by atoms with Gasteiger partial charge in [-0.1, -0.05) is 26.5 Å². The third kappa shape index (κ3) is 2.68. The Balaban J connectivity index is 3.27. The molecule has 94 valence electrons. The molecular weight excluding hydrogens is 232 g/mol. The summed E-state index contributed by atoms with van der Waals surface area (Å²) in [7, 11) is 0. The normalized spacial score (nSPS) is 11.0. The Kier molecular flexibility index (Phi) is 4.32. The summed E-state index contributed by atoms with van der Waals surface area (Å²) in [4.78, 5) is 0. The van der Waals surface area contributed by atoms with Crippen molar-refractivity contribution < 1.29 is 17.6 Å². The minimum Gasteiger partial charge on any atom is -0.203 e. The van der Waals surface area contributed by atoms with E-state index in [2.05, 4.69) is 6.58 Å². The van der Waals surface area contributed by atoms with Crippen LogP contribution in [-0.4, -0.2) is 0 Å². The lowest BCUT2D eigenvalue weighted by atomic mass is 9.99. The first-order valence-corrected chi connectivity index (χ1v) is 5.37. The Bertz CT molecular complexity index is 407. The van der Waals surface area contributed by atoms with Crippen LogP contribution < -0.4 is 0 Å². The van der Waals surface area contributed by atoms with Gasteiger partial charge in [-0.2, -0.15) is 0 Å². The van der Waals surface area contributed by atoms with Gasteiger partial charge >= 0.3 is 0 Å². The van der Waals surface area contributed by atoms with Crippen LogP contribution in [0, 0.1) is 29.2 Å². The molecule has 0 spiro atoms. The Morgan fingerprint density at radius 2 is 1.47 bits per heavy atom. The third-order valence-corrected chi connectivity index (χ3v) is 2.56. The van der Waals surface area contributed by atoms with Gasteiger partial charge < -0.3 is 0 Å². The number of rotatable bonds is 4. The highest BCUT2D eigenvalue weighted by atomic mass is 19.2. The molecule has 17 heavy (non-hydrogen) atoms. The zero-order chi connectivity index (χ0) is 13.2. The average Bonchev–Trinajstić information content (AvgIpc) is 2.27. The summed E-state index contributed by atoms with van der Waals surface area (Å²) in [5.41, 5.74) is -1.28. The molecule has 0 fully saturated rings. The summed E-state index contributed by atoms with van der Waals surface area (Å²) in [5, 5.41) is 0. The number of hydrogen-bond acceptors (Lipinski definition) is 0. The van der Waals surface area contributed by atoms with Gasteiger partial charge in [0.05, 0.1) is 5.56 Å². The molecule has 0 heterocycles. The van der Waals surface area contributed by atoms with Gasteiger partial charge in [-0.05, 0) is 18.8 Å². The van der Waals surface area contributed by atoms with Crippen molar-refractivity contribution >= 4 is 6.08 Å². The summed E-state index contributed by atoms with van der Waals surface area (Å²) in [6.07, 6.45) is 1.20. The fraction of sp³-hybridized carbons (Fsp3) is 0.385. The molecular formula is C13H14F4. The molecule has 0 saturated carbocycles. The van der Waals surface area contributed by atoms with E-state index in [4.69, 9.17) is 0 Å². The lowest BCUT2D eigenvalue weighted by molar-refractivity contribution is 0.429. The molecule has 0 aliphatic carbocycles. The highest BCUT2D eigenvalue weighted by Crippen LogP contribution is 2.26. The fourth-order valence-electron chi connectivity index (χ4n) is 1.53. The molecule has 0 radical (unpaired) electrons. The Hall–Kier alpha value is -1.32. The second-order valence-corrected chi connectivity index (χ2v) is 4.28. The second kappa shape index (κ2) is 5.34. The van der Waals surface area contributed by atoms with Gasteiger partial charge in [0.2, 0.25) is 0 Å². The zero-order valence-corrected chi connectivity index (χ0v) is 9.79. The van der Waals surface area contributed by atoms with E-state index in [9.17, 15) is 17.6 Å². The predicted octanol–water partition coefficient (Wildman–Crippen LogP) is 4.47. The van der Waals surface area contributed by atoms with Crippen molar-refractivity contribution in [1.29, 1.82) is 0 Å². The zero-order valence-electron chi connectivity index (χ0n) is 9.79. The maximum atomic E-state index is 13.5. The van der Waals surface area contributed by atoms with E-state index in [0.717, 1.165) is 6.08 Å². The van der Waals surface area contributed by atoms with E-state index in [1.807, 2.05) is 13.8 Å². The van der Waals surface area contributed by atoms with Gasteiger partial charge in [-0.25, -0.2) is 17.6 Å². The fourth-order valence-corrected chi connectivity index (χ4v) is 1.53. The monoisotopic (exact) mass is 246 g/mol. The van der Waals surface area contributed by atoms with Crippen LogP contribution in [0.2, 0.25) is 0 Å². The van der Waals surface area contributed by atoms with Crippen molar-refractivity contribution in [1.82, 2.24) is 0 Å². The van der Waals surface area contributed by atoms with Crippen LogP contribution in [-0.2, 0) is 6.42 Å². The maximum Gasteiger partial charge on any atom is 0.169 e. The summed E-state index contributed by atoms with van der Waals surface area (Å²) in [6.45, 7) is 6.85. The van der Waals surface area contributed by atoms with Crippen molar-refractivity contribution in [3.05, 3.63) is 41.0 Å². The molecule has 1 aromatic carbocycles. The van der Waals surface area contributed by atoms with Crippen LogP contribution in [0.1, 0.15) is 31.4 Å². The molecule has 4 heteroatoms. The first-order valence-electron chi connectivity index (χ1n) is 5.37. The molecule has 0 aliphatic rings. The summed E-state index contributed by atoms with van der Waals surface area (Å²) >= 11 is 0. The molecule has 0 bridgehead atoms. The number of hydrogen-bond donors (Lipinski definition) is 0. The molecule has 0 saturated heterocycles. The summed E-state index contributed by atoms with van der Waals surface area (Å²) < 4.78 is 53.8. The van der Waals surface area contributed by atoms with E-state index < -0.39 is 34.4 Å². The van der Waals surface area contributed by atoms with E-state index in [0.29, 0.717) is 6.42 Å². The maximum absolute atomic E-state index is 13.5. The minimum atomic E-state index is -1.38. The lowest BCUT2D eigenvalue weighted by Gasteiger charge is -2.11. The molecule has 0 aliphatic heterocycles. The molecule has 0 atom stereocenters. The molecule has 0 aromatic heterocycles.